The lowest BCUT2D eigenvalue weighted by Gasteiger charge is -2.42. The smallest absolute Gasteiger partial charge is 0.407 e. The number of likely N-dealkylation sites (tertiary alicyclic amines) is 1. The van der Waals surface area contributed by atoms with Crippen LogP contribution in [0.4, 0.5) is 10.5 Å². The number of benzene rings is 1. The number of amides is 1. The minimum Gasteiger partial charge on any atom is -0.465 e. The van der Waals surface area contributed by atoms with E-state index in [0.29, 0.717) is 18.2 Å². The van der Waals surface area contributed by atoms with Crippen LogP contribution in [-0.4, -0.2) is 46.8 Å². The maximum atomic E-state index is 11.3. The summed E-state index contributed by atoms with van der Waals surface area (Å²) in [7, 11) is 0. The number of carboxylic acid groups (broad SMARTS) is 1. The molecule has 120 valence electrons. The Bertz CT molecular complexity index is 780. The van der Waals surface area contributed by atoms with Crippen molar-refractivity contribution in [1.29, 1.82) is 0 Å². The second-order valence-corrected chi connectivity index (χ2v) is 6.60. The van der Waals surface area contributed by atoms with E-state index in [2.05, 4.69) is 16.0 Å². The molecule has 3 heterocycles. The monoisotopic (exact) mass is 331 g/mol. The van der Waals surface area contributed by atoms with Gasteiger partial charge < -0.3 is 14.9 Å². The summed E-state index contributed by atoms with van der Waals surface area (Å²) in [6.07, 6.45) is 3.90. The molecule has 2 aromatic rings. The van der Waals surface area contributed by atoms with Crippen molar-refractivity contribution in [3.8, 4) is 0 Å². The summed E-state index contributed by atoms with van der Waals surface area (Å²) < 4.78 is 0. The van der Waals surface area contributed by atoms with Gasteiger partial charge in [0.1, 0.15) is 5.15 Å². The number of pyridine rings is 1. The Kier molecular flexibility index (Phi) is 3.53. The standard InChI is InChI=1S/C17H18ClN3O2/c18-16-13-4-1-5-14-15(13)11(9-19-16)6-8-21(14)12-3-2-7-20(10-12)17(22)23/h1,4-5,9,12H,2-3,6-8,10H2,(H,22,23). The summed E-state index contributed by atoms with van der Waals surface area (Å²) in [4.78, 5) is 19.5. The number of nitrogens with zero attached hydrogens (tertiary/aromatic N) is 3. The Morgan fingerprint density at radius 1 is 1.35 bits per heavy atom. The minimum atomic E-state index is -0.822. The normalized spacial score (nSPS) is 20.8. The molecule has 1 aromatic heterocycles. The highest BCUT2D eigenvalue weighted by atomic mass is 35.5. The van der Waals surface area contributed by atoms with Crippen LogP contribution in [0.1, 0.15) is 18.4 Å². The molecule has 1 N–H and O–H groups in total. The average Bonchev–Trinajstić information content (AvgIpc) is 2.58. The number of halogens is 1. The largest absolute Gasteiger partial charge is 0.465 e. The van der Waals surface area contributed by atoms with Gasteiger partial charge in [-0.05, 0) is 30.9 Å². The molecule has 23 heavy (non-hydrogen) atoms. The fourth-order valence-corrected chi connectivity index (χ4v) is 4.08. The van der Waals surface area contributed by atoms with Crippen molar-refractivity contribution in [3.63, 3.8) is 0 Å². The van der Waals surface area contributed by atoms with Gasteiger partial charge in [-0.25, -0.2) is 9.78 Å². The molecule has 1 unspecified atom stereocenters. The van der Waals surface area contributed by atoms with E-state index in [4.69, 9.17) is 11.6 Å². The predicted octanol–water partition coefficient (Wildman–Crippen LogP) is 3.39. The van der Waals surface area contributed by atoms with Gasteiger partial charge in [-0.2, -0.15) is 0 Å². The van der Waals surface area contributed by atoms with E-state index < -0.39 is 6.09 Å². The summed E-state index contributed by atoms with van der Waals surface area (Å²) in [5.74, 6) is 0. The van der Waals surface area contributed by atoms with Crippen molar-refractivity contribution in [2.75, 3.05) is 24.5 Å². The summed E-state index contributed by atoms with van der Waals surface area (Å²) in [6, 6.07) is 6.35. The maximum absolute atomic E-state index is 11.3. The van der Waals surface area contributed by atoms with Gasteiger partial charge in [-0.3, -0.25) is 0 Å². The van der Waals surface area contributed by atoms with E-state index in [9.17, 15) is 9.90 Å². The van der Waals surface area contributed by atoms with Gasteiger partial charge >= 0.3 is 6.09 Å². The molecule has 1 amide bonds. The maximum Gasteiger partial charge on any atom is 0.407 e. The van der Waals surface area contributed by atoms with Gasteiger partial charge in [0.15, 0.2) is 0 Å². The SMILES string of the molecule is O=C(O)N1CCCC(N2CCc3cnc(Cl)c4cccc2c34)C1. The quantitative estimate of drug-likeness (QED) is 0.814. The zero-order chi connectivity index (χ0) is 16.0. The fraction of sp³-hybridized carbons (Fsp3) is 0.412. The summed E-state index contributed by atoms with van der Waals surface area (Å²) in [6.45, 7) is 2.10. The summed E-state index contributed by atoms with van der Waals surface area (Å²) in [5.41, 5.74) is 2.38. The lowest BCUT2D eigenvalue weighted by molar-refractivity contribution is 0.130. The molecule has 0 radical (unpaired) electrons. The summed E-state index contributed by atoms with van der Waals surface area (Å²) >= 11 is 6.26. The molecular weight excluding hydrogens is 314 g/mol. The number of rotatable bonds is 1. The highest BCUT2D eigenvalue weighted by Gasteiger charge is 2.31. The number of hydrogen-bond donors (Lipinski definition) is 1. The van der Waals surface area contributed by atoms with E-state index >= 15 is 0 Å². The van der Waals surface area contributed by atoms with Crippen molar-refractivity contribution in [2.45, 2.75) is 25.3 Å². The number of hydrogen-bond acceptors (Lipinski definition) is 3. The Morgan fingerprint density at radius 3 is 3.04 bits per heavy atom. The van der Waals surface area contributed by atoms with Gasteiger partial charge in [0.05, 0.1) is 0 Å². The molecule has 0 aliphatic carbocycles. The van der Waals surface area contributed by atoms with E-state index in [-0.39, 0.29) is 6.04 Å². The number of aromatic nitrogens is 1. The Labute approximate surface area is 139 Å². The number of anilines is 1. The topological polar surface area (TPSA) is 56.7 Å². The van der Waals surface area contributed by atoms with Crippen molar-refractivity contribution in [1.82, 2.24) is 9.88 Å². The van der Waals surface area contributed by atoms with Gasteiger partial charge in [0.2, 0.25) is 0 Å². The van der Waals surface area contributed by atoms with Crippen LogP contribution in [0.5, 0.6) is 0 Å². The zero-order valence-corrected chi connectivity index (χ0v) is 13.5. The molecular formula is C17H18ClN3O2. The van der Waals surface area contributed by atoms with Crippen molar-refractivity contribution in [3.05, 3.63) is 35.1 Å². The van der Waals surface area contributed by atoms with Gasteiger partial charge in [-0.1, -0.05) is 23.7 Å². The molecule has 1 saturated heterocycles. The Hall–Kier alpha value is -2.01. The first kappa shape index (κ1) is 14.6. The third-order valence-electron chi connectivity index (χ3n) is 4.96. The third kappa shape index (κ3) is 2.39. The van der Waals surface area contributed by atoms with E-state index in [0.717, 1.165) is 36.9 Å². The number of carbonyl (C=O) groups is 1. The Morgan fingerprint density at radius 2 is 2.22 bits per heavy atom. The van der Waals surface area contributed by atoms with Gasteiger partial charge in [-0.15, -0.1) is 0 Å². The van der Waals surface area contributed by atoms with E-state index in [1.807, 2.05) is 18.3 Å². The third-order valence-corrected chi connectivity index (χ3v) is 5.26. The van der Waals surface area contributed by atoms with Crippen molar-refractivity contribution in [2.24, 2.45) is 0 Å². The second kappa shape index (κ2) is 5.57. The molecule has 2 aliphatic rings. The molecule has 0 spiro atoms. The van der Waals surface area contributed by atoms with Crippen LogP contribution in [-0.2, 0) is 6.42 Å². The van der Waals surface area contributed by atoms with Gasteiger partial charge in [0.25, 0.3) is 0 Å². The Balaban J connectivity index is 1.75. The second-order valence-electron chi connectivity index (χ2n) is 6.24. The average molecular weight is 332 g/mol. The lowest BCUT2D eigenvalue weighted by Crippen LogP contribution is -2.51. The van der Waals surface area contributed by atoms with Crippen molar-refractivity contribution < 1.29 is 9.90 Å². The highest BCUT2D eigenvalue weighted by molar-refractivity contribution is 6.34. The number of piperidine rings is 1. The van der Waals surface area contributed by atoms with E-state index in [1.165, 1.54) is 15.8 Å². The molecule has 1 fully saturated rings. The molecule has 4 rings (SSSR count). The first-order valence-electron chi connectivity index (χ1n) is 7.96. The zero-order valence-electron chi connectivity index (χ0n) is 12.7. The first-order valence-corrected chi connectivity index (χ1v) is 8.33. The molecule has 5 nitrogen and oxygen atoms in total. The lowest BCUT2D eigenvalue weighted by atomic mass is 9.95. The molecule has 2 aliphatic heterocycles. The van der Waals surface area contributed by atoms with Crippen LogP contribution >= 0.6 is 11.6 Å². The minimum absolute atomic E-state index is 0.227. The first-order chi connectivity index (χ1) is 11.1. The molecule has 1 aromatic carbocycles. The fourth-order valence-electron chi connectivity index (χ4n) is 3.87. The van der Waals surface area contributed by atoms with Crippen LogP contribution in [0.2, 0.25) is 5.15 Å². The molecule has 0 saturated carbocycles. The van der Waals surface area contributed by atoms with Crippen LogP contribution < -0.4 is 4.90 Å². The molecule has 1 atom stereocenters. The van der Waals surface area contributed by atoms with E-state index in [1.54, 1.807) is 0 Å². The predicted molar refractivity (Wildman–Crippen MR) is 90.4 cm³/mol. The van der Waals surface area contributed by atoms with Gasteiger partial charge in [0, 0.05) is 48.3 Å². The highest BCUT2D eigenvalue weighted by Crippen LogP contribution is 2.38. The molecule has 0 bridgehead atoms. The van der Waals surface area contributed by atoms with Crippen LogP contribution in [0.3, 0.4) is 0 Å². The summed E-state index contributed by atoms with van der Waals surface area (Å²) in [5, 5.41) is 12.0. The van der Waals surface area contributed by atoms with Crippen LogP contribution in [0.25, 0.3) is 10.8 Å². The van der Waals surface area contributed by atoms with Crippen LogP contribution in [0.15, 0.2) is 24.4 Å². The van der Waals surface area contributed by atoms with Crippen molar-refractivity contribution >= 4 is 34.2 Å². The molecule has 6 heteroatoms. The van der Waals surface area contributed by atoms with Crippen LogP contribution in [0, 0.1) is 0 Å².